The van der Waals surface area contributed by atoms with Gasteiger partial charge in [0.25, 0.3) is 0 Å². The van der Waals surface area contributed by atoms with E-state index in [0.717, 1.165) is 38.2 Å². The van der Waals surface area contributed by atoms with Gasteiger partial charge in [-0.3, -0.25) is 4.90 Å². The summed E-state index contributed by atoms with van der Waals surface area (Å²) in [5.41, 5.74) is 0.479. The highest BCUT2D eigenvalue weighted by molar-refractivity contribution is 6.30. The molecular formula is C19H29ClN2O3. The summed E-state index contributed by atoms with van der Waals surface area (Å²) in [6.45, 7) is 11.3. The first-order valence-corrected chi connectivity index (χ1v) is 9.23. The third-order valence-corrected chi connectivity index (χ3v) is 4.25. The van der Waals surface area contributed by atoms with E-state index < -0.39 is 5.60 Å². The molecule has 0 spiro atoms. The van der Waals surface area contributed by atoms with Crippen molar-refractivity contribution in [3.8, 4) is 5.75 Å². The fourth-order valence-electron chi connectivity index (χ4n) is 2.87. The van der Waals surface area contributed by atoms with Crippen LogP contribution < -0.4 is 10.1 Å². The van der Waals surface area contributed by atoms with Gasteiger partial charge in [-0.2, -0.15) is 0 Å². The Morgan fingerprint density at radius 3 is 2.84 bits per heavy atom. The molecule has 1 aliphatic rings. The average Bonchev–Trinajstić information content (AvgIpc) is 2.52. The van der Waals surface area contributed by atoms with Crippen LogP contribution in [0.3, 0.4) is 0 Å². The maximum atomic E-state index is 11.9. The van der Waals surface area contributed by atoms with Crippen molar-refractivity contribution in [1.29, 1.82) is 0 Å². The normalized spacial score (nSPS) is 18.8. The number of halogens is 1. The summed E-state index contributed by atoms with van der Waals surface area (Å²) in [5.74, 6) is 0.309. The molecule has 1 aromatic rings. The molecule has 6 heteroatoms. The first kappa shape index (κ1) is 20.0. The monoisotopic (exact) mass is 368 g/mol. The molecule has 0 bridgehead atoms. The largest absolute Gasteiger partial charge is 0.482 e. The molecule has 0 aliphatic carbocycles. The molecule has 1 atom stereocenters. The number of carbonyl (C=O) groups is 1. The standard InChI is InChI=1S/C19H29ClN2O3/c1-5-16-12-22(9-8-21-16)11-14-10-15(20)6-7-17(14)24-13-18(23)25-19(2,3)4/h6-7,10,16,21H,5,8-9,11-13H2,1-4H3/t16-/m0/s1. The van der Waals surface area contributed by atoms with Crippen LogP contribution in [0.2, 0.25) is 5.02 Å². The van der Waals surface area contributed by atoms with Crippen LogP contribution in [0.15, 0.2) is 18.2 Å². The summed E-state index contributed by atoms with van der Waals surface area (Å²) in [6, 6.07) is 6.03. The fourth-order valence-corrected chi connectivity index (χ4v) is 3.07. The van der Waals surface area contributed by atoms with E-state index >= 15 is 0 Å². The quantitative estimate of drug-likeness (QED) is 0.781. The van der Waals surface area contributed by atoms with E-state index in [1.165, 1.54) is 0 Å². The highest BCUT2D eigenvalue weighted by atomic mass is 35.5. The second-order valence-corrected chi connectivity index (χ2v) is 7.86. The van der Waals surface area contributed by atoms with Crippen molar-refractivity contribution in [3.05, 3.63) is 28.8 Å². The molecule has 2 rings (SSSR count). The van der Waals surface area contributed by atoms with Gasteiger partial charge in [0.2, 0.25) is 0 Å². The molecular weight excluding hydrogens is 340 g/mol. The van der Waals surface area contributed by atoms with Crippen LogP contribution in [-0.2, 0) is 16.1 Å². The molecule has 140 valence electrons. The van der Waals surface area contributed by atoms with Crippen LogP contribution in [0, 0.1) is 0 Å². The maximum absolute atomic E-state index is 11.9. The van der Waals surface area contributed by atoms with E-state index in [0.29, 0.717) is 16.8 Å². The third kappa shape index (κ3) is 6.84. The van der Waals surface area contributed by atoms with Crippen molar-refractivity contribution < 1.29 is 14.3 Å². The first-order chi connectivity index (χ1) is 11.8. The summed E-state index contributed by atoms with van der Waals surface area (Å²) in [7, 11) is 0. The van der Waals surface area contributed by atoms with E-state index in [4.69, 9.17) is 21.1 Å². The van der Waals surface area contributed by atoms with Gasteiger partial charge in [0.05, 0.1) is 0 Å². The van der Waals surface area contributed by atoms with Crippen LogP contribution in [0.5, 0.6) is 5.75 Å². The number of rotatable bonds is 6. The predicted molar refractivity (Wildman–Crippen MR) is 100 cm³/mol. The lowest BCUT2D eigenvalue weighted by Gasteiger charge is -2.33. The van der Waals surface area contributed by atoms with E-state index in [2.05, 4.69) is 17.1 Å². The second kappa shape index (κ2) is 8.88. The van der Waals surface area contributed by atoms with Gasteiger partial charge in [-0.05, 0) is 45.4 Å². The average molecular weight is 369 g/mol. The van der Waals surface area contributed by atoms with Gasteiger partial charge < -0.3 is 14.8 Å². The molecule has 0 unspecified atom stereocenters. The number of benzene rings is 1. The molecule has 1 aromatic carbocycles. The molecule has 1 fully saturated rings. The number of esters is 1. The highest BCUT2D eigenvalue weighted by Gasteiger charge is 2.20. The third-order valence-electron chi connectivity index (χ3n) is 4.01. The smallest absolute Gasteiger partial charge is 0.344 e. The van der Waals surface area contributed by atoms with Crippen molar-refractivity contribution in [2.24, 2.45) is 0 Å². The molecule has 1 aliphatic heterocycles. The van der Waals surface area contributed by atoms with E-state index in [9.17, 15) is 4.79 Å². The highest BCUT2D eigenvalue weighted by Crippen LogP contribution is 2.25. The lowest BCUT2D eigenvalue weighted by molar-refractivity contribution is -0.157. The molecule has 5 nitrogen and oxygen atoms in total. The lowest BCUT2D eigenvalue weighted by atomic mass is 10.1. The summed E-state index contributed by atoms with van der Waals surface area (Å²) < 4.78 is 11.0. The van der Waals surface area contributed by atoms with E-state index in [-0.39, 0.29) is 12.6 Å². The molecule has 1 heterocycles. The number of ether oxygens (including phenoxy) is 2. The van der Waals surface area contributed by atoms with Gasteiger partial charge in [-0.15, -0.1) is 0 Å². The van der Waals surface area contributed by atoms with Crippen molar-refractivity contribution in [3.63, 3.8) is 0 Å². The van der Waals surface area contributed by atoms with Gasteiger partial charge in [-0.1, -0.05) is 18.5 Å². The van der Waals surface area contributed by atoms with Crippen molar-refractivity contribution in [1.82, 2.24) is 10.2 Å². The number of carbonyl (C=O) groups excluding carboxylic acids is 1. The van der Waals surface area contributed by atoms with E-state index in [1.807, 2.05) is 32.9 Å². The van der Waals surface area contributed by atoms with Gasteiger partial charge >= 0.3 is 5.97 Å². The number of hydrogen-bond acceptors (Lipinski definition) is 5. The molecule has 0 aromatic heterocycles. The Kier molecular flexibility index (Phi) is 7.11. The molecule has 1 saturated heterocycles. The zero-order chi connectivity index (χ0) is 18.4. The lowest BCUT2D eigenvalue weighted by Crippen LogP contribution is -2.49. The van der Waals surface area contributed by atoms with Crippen molar-refractivity contribution in [2.75, 3.05) is 26.2 Å². The Bertz CT molecular complexity index is 587. The molecule has 0 amide bonds. The first-order valence-electron chi connectivity index (χ1n) is 8.85. The van der Waals surface area contributed by atoms with Crippen molar-refractivity contribution in [2.45, 2.75) is 52.3 Å². The molecule has 25 heavy (non-hydrogen) atoms. The summed E-state index contributed by atoms with van der Waals surface area (Å²) >= 11 is 6.16. The number of nitrogens with zero attached hydrogens (tertiary/aromatic N) is 1. The minimum absolute atomic E-state index is 0.106. The van der Waals surface area contributed by atoms with Crippen LogP contribution in [0.4, 0.5) is 0 Å². The van der Waals surface area contributed by atoms with Crippen LogP contribution in [0.1, 0.15) is 39.7 Å². The summed E-state index contributed by atoms with van der Waals surface area (Å²) in [6.07, 6.45) is 1.11. The molecule has 0 saturated carbocycles. The Morgan fingerprint density at radius 2 is 2.16 bits per heavy atom. The SMILES string of the molecule is CC[C@H]1CN(Cc2cc(Cl)ccc2OCC(=O)OC(C)(C)C)CCN1. The number of hydrogen-bond donors (Lipinski definition) is 1. The van der Waals surface area contributed by atoms with Crippen molar-refractivity contribution >= 4 is 17.6 Å². The van der Waals surface area contributed by atoms with Gasteiger partial charge in [0.15, 0.2) is 6.61 Å². The number of piperazine rings is 1. The van der Waals surface area contributed by atoms with Gasteiger partial charge in [0, 0.05) is 42.8 Å². The van der Waals surface area contributed by atoms with Gasteiger partial charge in [0.1, 0.15) is 11.4 Å². The predicted octanol–water partition coefficient (Wildman–Crippen LogP) is 3.24. The second-order valence-electron chi connectivity index (χ2n) is 7.42. The Hall–Kier alpha value is -1.30. The van der Waals surface area contributed by atoms with Crippen LogP contribution in [0.25, 0.3) is 0 Å². The Labute approximate surface area is 155 Å². The Balaban J connectivity index is 2.00. The van der Waals surface area contributed by atoms with E-state index in [1.54, 1.807) is 6.07 Å². The molecule has 0 radical (unpaired) electrons. The minimum atomic E-state index is -0.515. The Morgan fingerprint density at radius 1 is 1.40 bits per heavy atom. The zero-order valence-electron chi connectivity index (χ0n) is 15.6. The van der Waals surface area contributed by atoms with Crippen LogP contribution >= 0.6 is 11.6 Å². The maximum Gasteiger partial charge on any atom is 0.344 e. The number of nitrogens with one attached hydrogen (secondary N) is 1. The molecule has 1 N–H and O–H groups in total. The topological polar surface area (TPSA) is 50.8 Å². The van der Waals surface area contributed by atoms with Crippen LogP contribution in [-0.4, -0.2) is 48.8 Å². The minimum Gasteiger partial charge on any atom is -0.482 e. The summed E-state index contributed by atoms with van der Waals surface area (Å²) in [5, 5.41) is 4.18. The zero-order valence-corrected chi connectivity index (χ0v) is 16.4. The fraction of sp³-hybridized carbons (Fsp3) is 0.632. The van der Waals surface area contributed by atoms with Gasteiger partial charge in [-0.25, -0.2) is 4.79 Å². The summed E-state index contributed by atoms with van der Waals surface area (Å²) in [4.78, 5) is 14.3.